The van der Waals surface area contributed by atoms with E-state index in [0.29, 0.717) is 0 Å². The molecule has 0 aliphatic carbocycles. The molecule has 0 fully saturated rings. The molecule has 14 heavy (non-hydrogen) atoms. The predicted octanol–water partition coefficient (Wildman–Crippen LogP) is 0.936. The maximum Gasteiger partial charge on any atom is 0.287 e. The number of rotatable bonds is 0. The molecule has 3 rings (SSSR count). The number of aromatic amines is 1. The number of hydrogen-bond acceptors (Lipinski definition) is 2. The third-order valence-electron chi connectivity index (χ3n) is 2.42. The molecule has 1 N–H and O–H groups in total. The van der Waals surface area contributed by atoms with Gasteiger partial charge in [-0.2, -0.15) is 0 Å². The highest BCUT2D eigenvalue weighted by Gasteiger charge is 2.12. The van der Waals surface area contributed by atoms with Crippen molar-refractivity contribution < 1.29 is 4.57 Å². The zero-order valence-electron chi connectivity index (χ0n) is 7.73. The second kappa shape index (κ2) is 2.51. The largest absolute Gasteiger partial charge is 0.346 e. The number of imidazole rings is 1. The lowest BCUT2D eigenvalue weighted by atomic mass is 10.2. The third kappa shape index (κ3) is 0.849. The van der Waals surface area contributed by atoms with Crippen molar-refractivity contribution in [1.29, 1.82) is 0 Å². The molecule has 0 bridgehead atoms. The van der Waals surface area contributed by atoms with Crippen LogP contribution in [0.15, 0.2) is 31.0 Å². The molecule has 2 heterocycles. The predicted molar refractivity (Wildman–Crippen MR) is 52.6 cm³/mol. The Morgan fingerprint density at radius 3 is 3.21 bits per heavy atom. The standard InChI is InChI=1S/C10H8N4/c1-14-6-13-9-3-2-8-7(10(9)14)4-11-5-12-8/h2-6H,1H3/p+1. The molecule has 4 heteroatoms. The summed E-state index contributed by atoms with van der Waals surface area (Å²) in [5.41, 5.74) is 3.20. The second-order valence-electron chi connectivity index (χ2n) is 3.30. The first kappa shape index (κ1) is 7.44. The molecule has 0 spiro atoms. The summed E-state index contributed by atoms with van der Waals surface area (Å²) in [6, 6.07) is 4.03. The van der Waals surface area contributed by atoms with Gasteiger partial charge in [0, 0.05) is 6.20 Å². The summed E-state index contributed by atoms with van der Waals surface area (Å²) in [6.45, 7) is 0. The van der Waals surface area contributed by atoms with Gasteiger partial charge in [-0.1, -0.05) is 0 Å². The molecule has 2 aromatic heterocycles. The Bertz CT molecular complexity index is 612. The zero-order valence-corrected chi connectivity index (χ0v) is 7.73. The lowest BCUT2D eigenvalue weighted by molar-refractivity contribution is -0.643. The van der Waals surface area contributed by atoms with E-state index < -0.39 is 0 Å². The molecule has 0 amide bonds. The Kier molecular flexibility index (Phi) is 1.33. The minimum absolute atomic E-state index is 1.00. The van der Waals surface area contributed by atoms with Crippen molar-refractivity contribution in [2.45, 2.75) is 0 Å². The number of aryl methyl sites for hydroxylation is 1. The van der Waals surface area contributed by atoms with Crippen LogP contribution >= 0.6 is 0 Å². The van der Waals surface area contributed by atoms with Crippen molar-refractivity contribution in [1.82, 2.24) is 15.0 Å². The molecule has 0 atom stereocenters. The van der Waals surface area contributed by atoms with Crippen molar-refractivity contribution in [2.75, 3.05) is 0 Å². The zero-order chi connectivity index (χ0) is 9.54. The van der Waals surface area contributed by atoms with Gasteiger partial charge in [-0.25, -0.2) is 9.55 Å². The summed E-state index contributed by atoms with van der Waals surface area (Å²) in [6.07, 6.45) is 5.36. The topological polar surface area (TPSA) is 45.5 Å². The smallest absolute Gasteiger partial charge is 0.287 e. The summed E-state index contributed by atoms with van der Waals surface area (Å²) in [4.78, 5) is 11.5. The van der Waals surface area contributed by atoms with Crippen molar-refractivity contribution in [3.05, 3.63) is 31.0 Å². The molecule has 1 aromatic carbocycles. The van der Waals surface area contributed by atoms with Gasteiger partial charge in [0.25, 0.3) is 6.33 Å². The fourth-order valence-corrected chi connectivity index (χ4v) is 1.75. The highest BCUT2D eigenvalue weighted by Crippen LogP contribution is 2.18. The average molecular weight is 185 g/mol. The highest BCUT2D eigenvalue weighted by atomic mass is 15.0. The summed E-state index contributed by atoms with van der Waals surface area (Å²) in [7, 11) is 1.99. The highest BCUT2D eigenvalue weighted by molar-refractivity contribution is 5.99. The van der Waals surface area contributed by atoms with E-state index in [0.717, 1.165) is 21.9 Å². The van der Waals surface area contributed by atoms with Crippen LogP contribution in [0, 0.1) is 0 Å². The number of H-pyrrole nitrogens is 1. The minimum atomic E-state index is 1.00. The number of nitrogens with zero attached hydrogens (tertiary/aromatic N) is 3. The monoisotopic (exact) mass is 185 g/mol. The normalized spacial score (nSPS) is 11.2. The lowest BCUT2D eigenvalue weighted by Gasteiger charge is -1.95. The van der Waals surface area contributed by atoms with Crippen LogP contribution < -0.4 is 4.57 Å². The summed E-state index contributed by atoms with van der Waals surface area (Å²) < 4.78 is 2.01. The summed E-state index contributed by atoms with van der Waals surface area (Å²) in [5.74, 6) is 0. The van der Waals surface area contributed by atoms with Crippen LogP contribution in [0.2, 0.25) is 0 Å². The summed E-state index contributed by atoms with van der Waals surface area (Å²) in [5, 5.41) is 1.10. The van der Waals surface area contributed by atoms with E-state index in [4.69, 9.17) is 0 Å². The Balaban J connectivity index is 2.65. The fraction of sp³-hybridized carbons (Fsp3) is 0.100. The van der Waals surface area contributed by atoms with Crippen LogP contribution in [-0.4, -0.2) is 15.0 Å². The molecule has 4 nitrogen and oxygen atoms in total. The molecule has 0 saturated heterocycles. The first-order chi connectivity index (χ1) is 6.86. The van der Waals surface area contributed by atoms with Gasteiger partial charge in [0.2, 0.25) is 5.52 Å². The van der Waals surface area contributed by atoms with Crippen LogP contribution in [0.3, 0.4) is 0 Å². The van der Waals surface area contributed by atoms with Crippen LogP contribution in [0.4, 0.5) is 0 Å². The van der Waals surface area contributed by atoms with Crippen molar-refractivity contribution in [3.8, 4) is 0 Å². The second-order valence-corrected chi connectivity index (χ2v) is 3.30. The van der Waals surface area contributed by atoms with Crippen LogP contribution in [-0.2, 0) is 7.05 Å². The van der Waals surface area contributed by atoms with Gasteiger partial charge in [0.05, 0.1) is 24.3 Å². The molecule has 0 aliphatic heterocycles. The van der Waals surface area contributed by atoms with Gasteiger partial charge in [-0.05, 0) is 17.1 Å². The van der Waals surface area contributed by atoms with Crippen LogP contribution in [0.5, 0.6) is 0 Å². The van der Waals surface area contributed by atoms with Gasteiger partial charge in [-0.3, -0.25) is 0 Å². The molecular formula is C10H9N4+. The Labute approximate surface area is 80.2 Å². The third-order valence-corrected chi connectivity index (χ3v) is 2.42. The quantitative estimate of drug-likeness (QED) is 0.530. The van der Waals surface area contributed by atoms with E-state index in [2.05, 4.69) is 15.0 Å². The molecule has 3 aromatic rings. The van der Waals surface area contributed by atoms with E-state index in [9.17, 15) is 0 Å². The molecule has 0 radical (unpaired) electrons. The molecule has 0 saturated carbocycles. The Hall–Kier alpha value is -1.97. The number of hydrogen-bond donors (Lipinski definition) is 1. The Morgan fingerprint density at radius 2 is 2.29 bits per heavy atom. The molecular weight excluding hydrogens is 176 g/mol. The van der Waals surface area contributed by atoms with E-state index in [1.807, 2.05) is 36.3 Å². The number of nitrogens with one attached hydrogen (secondary N) is 1. The van der Waals surface area contributed by atoms with Crippen molar-refractivity contribution >= 4 is 21.9 Å². The minimum Gasteiger partial charge on any atom is -0.346 e. The molecule has 0 aliphatic rings. The van der Waals surface area contributed by atoms with Gasteiger partial charge in [0.15, 0.2) is 5.52 Å². The number of fused-ring (bicyclic) bond motifs is 3. The number of benzene rings is 1. The first-order valence-corrected chi connectivity index (χ1v) is 4.42. The molecule has 68 valence electrons. The van der Waals surface area contributed by atoms with Crippen LogP contribution in [0.1, 0.15) is 0 Å². The van der Waals surface area contributed by atoms with E-state index in [1.54, 1.807) is 6.33 Å². The van der Waals surface area contributed by atoms with Gasteiger partial charge < -0.3 is 4.98 Å². The van der Waals surface area contributed by atoms with E-state index in [1.165, 1.54) is 0 Å². The van der Waals surface area contributed by atoms with Gasteiger partial charge in [0.1, 0.15) is 0 Å². The van der Waals surface area contributed by atoms with Gasteiger partial charge in [-0.15, -0.1) is 0 Å². The maximum absolute atomic E-state index is 4.29. The van der Waals surface area contributed by atoms with Crippen molar-refractivity contribution in [3.63, 3.8) is 0 Å². The van der Waals surface area contributed by atoms with E-state index in [-0.39, 0.29) is 0 Å². The fourth-order valence-electron chi connectivity index (χ4n) is 1.75. The van der Waals surface area contributed by atoms with Crippen LogP contribution in [0.25, 0.3) is 21.9 Å². The SMILES string of the molecule is C[n+]1cnc2ccc3[nH]cncc3c21. The summed E-state index contributed by atoms with van der Waals surface area (Å²) >= 11 is 0. The Morgan fingerprint density at radius 1 is 1.36 bits per heavy atom. The van der Waals surface area contributed by atoms with Crippen molar-refractivity contribution in [2.24, 2.45) is 7.05 Å². The first-order valence-electron chi connectivity index (χ1n) is 4.42. The lowest BCUT2D eigenvalue weighted by Crippen LogP contribution is -2.25. The number of aromatic nitrogens is 4. The average Bonchev–Trinajstić information content (AvgIpc) is 2.61. The maximum atomic E-state index is 4.29. The molecule has 0 unspecified atom stereocenters. The van der Waals surface area contributed by atoms with E-state index >= 15 is 0 Å². The van der Waals surface area contributed by atoms with Gasteiger partial charge >= 0.3 is 0 Å².